The van der Waals surface area contributed by atoms with Crippen molar-refractivity contribution in [3.8, 4) is 0 Å². The van der Waals surface area contributed by atoms with Crippen LogP contribution in [-0.4, -0.2) is 31.6 Å². The molecule has 1 fully saturated rings. The number of pyridine rings is 1. The molecular formula is C10H10ClFN2O3S. The van der Waals surface area contributed by atoms with E-state index in [9.17, 15) is 17.6 Å². The predicted octanol–water partition coefficient (Wildman–Crippen LogP) is 1.14. The summed E-state index contributed by atoms with van der Waals surface area (Å²) in [7, 11) is 1.48. The third kappa shape index (κ3) is 2.97. The van der Waals surface area contributed by atoms with Gasteiger partial charge >= 0.3 is 0 Å². The normalized spacial score (nSPS) is 20.4. The maximum Gasteiger partial charge on any atom is 0.232 e. The van der Waals surface area contributed by atoms with Crippen LogP contribution >= 0.6 is 10.7 Å². The van der Waals surface area contributed by atoms with Gasteiger partial charge in [0, 0.05) is 35.8 Å². The molecule has 2 heterocycles. The average molecular weight is 293 g/mol. The zero-order valence-corrected chi connectivity index (χ0v) is 10.8. The van der Waals surface area contributed by atoms with Crippen LogP contribution in [0, 0.1) is 11.7 Å². The van der Waals surface area contributed by atoms with E-state index in [1.165, 1.54) is 17.2 Å². The van der Waals surface area contributed by atoms with Gasteiger partial charge in [-0.1, -0.05) is 0 Å². The summed E-state index contributed by atoms with van der Waals surface area (Å²) >= 11 is 0. The van der Waals surface area contributed by atoms with Gasteiger partial charge in [-0.2, -0.15) is 0 Å². The first-order chi connectivity index (χ1) is 8.37. The highest BCUT2D eigenvalue weighted by Gasteiger charge is 2.34. The first-order valence-electron chi connectivity index (χ1n) is 5.19. The average Bonchev–Trinajstić information content (AvgIpc) is 2.57. The number of anilines is 1. The van der Waals surface area contributed by atoms with Crippen molar-refractivity contribution in [3.63, 3.8) is 0 Å². The fourth-order valence-corrected chi connectivity index (χ4v) is 3.32. The fourth-order valence-electron chi connectivity index (χ4n) is 1.99. The van der Waals surface area contributed by atoms with Gasteiger partial charge in [-0.3, -0.25) is 9.78 Å². The second-order valence-corrected chi connectivity index (χ2v) is 6.93. The number of aromatic nitrogens is 1. The molecule has 98 valence electrons. The summed E-state index contributed by atoms with van der Waals surface area (Å²) in [6.07, 6.45) is 2.43. The molecule has 18 heavy (non-hydrogen) atoms. The fraction of sp³-hybridized carbons (Fsp3) is 0.400. The van der Waals surface area contributed by atoms with Crippen LogP contribution in [0.3, 0.4) is 0 Å². The Labute approximate surface area is 108 Å². The van der Waals surface area contributed by atoms with Crippen LogP contribution in [0.5, 0.6) is 0 Å². The van der Waals surface area contributed by atoms with Crippen molar-refractivity contribution in [1.29, 1.82) is 0 Å². The zero-order chi connectivity index (χ0) is 13.3. The Morgan fingerprint density at radius 1 is 1.56 bits per heavy atom. The van der Waals surface area contributed by atoms with Gasteiger partial charge in [-0.25, -0.2) is 12.8 Å². The summed E-state index contributed by atoms with van der Waals surface area (Å²) in [6, 6.07) is 1.38. The molecule has 1 aromatic rings. The molecule has 1 aliphatic rings. The minimum Gasteiger partial charge on any atom is -0.309 e. The Balaban J connectivity index is 2.18. The van der Waals surface area contributed by atoms with Crippen LogP contribution in [-0.2, 0) is 13.8 Å². The van der Waals surface area contributed by atoms with E-state index in [1.54, 1.807) is 0 Å². The molecule has 1 unspecified atom stereocenters. The van der Waals surface area contributed by atoms with Crippen molar-refractivity contribution in [2.75, 3.05) is 17.2 Å². The van der Waals surface area contributed by atoms with Crippen molar-refractivity contribution in [1.82, 2.24) is 4.98 Å². The Morgan fingerprint density at radius 2 is 2.28 bits per heavy atom. The van der Waals surface area contributed by atoms with Crippen LogP contribution in [0.25, 0.3) is 0 Å². The maximum absolute atomic E-state index is 13.5. The van der Waals surface area contributed by atoms with E-state index in [1.807, 2.05) is 0 Å². The van der Waals surface area contributed by atoms with E-state index in [0.29, 0.717) is 0 Å². The number of hydrogen-bond acceptors (Lipinski definition) is 4. The molecule has 1 aromatic heterocycles. The molecule has 0 aromatic carbocycles. The third-order valence-corrected chi connectivity index (χ3v) is 3.93. The molecule has 1 saturated heterocycles. The highest BCUT2D eigenvalue weighted by Crippen LogP contribution is 2.27. The minimum atomic E-state index is -3.66. The smallest absolute Gasteiger partial charge is 0.232 e. The van der Waals surface area contributed by atoms with Gasteiger partial charge in [0.2, 0.25) is 15.0 Å². The van der Waals surface area contributed by atoms with Crippen LogP contribution in [0.1, 0.15) is 6.42 Å². The van der Waals surface area contributed by atoms with Gasteiger partial charge in [0.1, 0.15) is 0 Å². The van der Waals surface area contributed by atoms with E-state index in [4.69, 9.17) is 10.7 Å². The van der Waals surface area contributed by atoms with E-state index in [-0.39, 0.29) is 30.3 Å². The van der Waals surface area contributed by atoms with Gasteiger partial charge in [0.05, 0.1) is 17.6 Å². The van der Waals surface area contributed by atoms with Gasteiger partial charge in [0.25, 0.3) is 0 Å². The van der Waals surface area contributed by atoms with E-state index >= 15 is 0 Å². The van der Waals surface area contributed by atoms with Crippen molar-refractivity contribution in [3.05, 3.63) is 24.3 Å². The summed E-state index contributed by atoms with van der Waals surface area (Å²) in [4.78, 5) is 16.5. The second-order valence-electron chi connectivity index (χ2n) is 4.11. The Morgan fingerprint density at radius 3 is 2.89 bits per heavy atom. The van der Waals surface area contributed by atoms with Crippen LogP contribution in [0.15, 0.2) is 18.5 Å². The standard InChI is InChI=1S/C10H10ClFN2O3S/c11-18(16,17)6-7-3-10(15)14(5-7)9-1-2-13-4-8(9)12/h1-2,4,7H,3,5-6H2. The summed E-state index contributed by atoms with van der Waals surface area (Å²) in [5.74, 6) is -1.62. The van der Waals surface area contributed by atoms with Gasteiger partial charge in [-0.05, 0) is 6.07 Å². The topological polar surface area (TPSA) is 67.3 Å². The van der Waals surface area contributed by atoms with E-state index in [0.717, 1.165) is 6.20 Å². The molecule has 8 heteroatoms. The molecule has 1 atom stereocenters. The van der Waals surface area contributed by atoms with Crippen molar-refractivity contribution < 1.29 is 17.6 Å². The van der Waals surface area contributed by atoms with Crippen LogP contribution in [0.4, 0.5) is 10.1 Å². The minimum absolute atomic E-state index is 0.0493. The summed E-state index contributed by atoms with van der Waals surface area (Å²) in [6.45, 7) is 0.145. The lowest BCUT2D eigenvalue weighted by atomic mass is 10.1. The van der Waals surface area contributed by atoms with E-state index in [2.05, 4.69) is 4.98 Å². The summed E-state index contributed by atoms with van der Waals surface area (Å²) in [5, 5.41) is 0. The highest BCUT2D eigenvalue weighted by molar-refractivity contribution is 8.13. The third-order valence-electron chi connectivity index (χ3n) is 2.68. The number of amides is 1. The van der Waals surface area contributed by atoms with Gasteiger partial charge < -0.3 is 4.90 Å². The highest BCUT2D eigenvalue weighted by atomic mass is 35.7. The molecule has 0 spiro atoms. The number of halogens is 2. The quantitative estimate of drug-likeness (QED) is 0.784. The maximum atomic E-state index is 13.5. The molecule has 1 aliphatic heterocycles. The molecular weight excluding hydrogens is 283 g/mol. The molecule has 0 bridgehead atoms. The lowest BCUT2D eigenvalue weighted by molar-refractivity contribution is -0.117. The molecule has 5 nitrogen and oxygen atoms in total. The van der Waals surface area contributed by atoms with Crippen molar-refractivity contribution in [2.24, 2.45) is 5.92 Å². The van der Waals surface area contributed by atoms with Crippen LogP contribution in [0.2, 0.25) is 0 Å². The molecule has 0 N–H and O–H groups in total. The van der Waals surface area contributed by atoms with Crippen molar-refractivity contribution >= 4 is 31.3 Å². The van der Waals surface area contributed by atoms with Crippen molar-refractivity contribution in [2.45, 2.75) is 6.42 Å². The largest absolute Gasteiger partial charge is 0.309 e. The molecule has 2 rings (SSSR count). The lowest BCUT2D eigenvalue weighted by Crippen LogP contribution is -2.26. The first-order valence-corrected chi connectivity index (χ1v) is 7.67. The number of rotatable bonds is 3. The molecule has 0 aliphatic carbocycles. The van der Waals surface area contributed by atoms with Crippen LogP contribution < -0.4 is 4.90 Å². The number of carbonyl (C=O) groups excluding carboxylic acids is 1. The lowest BCUT2D eigenvalue weighted by Gasteiger charge is -2.16. The molecule has 0 radical (unpaired) electrons. The second kappa shape index (κ2) is 4.81. The molecule has 0 saturated carbocycles. The SMILES string of the molecule is O=C1CC(CS(=O)(=O)Cl)CN1c1ccncc1F. The Bertz CT molecular complexity index is 578. The first kappa shape index (κ1) is 13.2. The number of hydrogen-bond donors (Lipinski definition) is 0. The summed E-state index contributed by atoms with van der Waals surface area (Å²) < 4.78 is 35.4. The zero-order valence-electron chi connectivity index (χ0n) is 9.21. The monoisotopic (exact) mass is 292 g/mol. The number of carbonyl (C=O) groups is 1. The Hall–Kier alpha value is -1.21. The van der Waals surface area contributed by atoms with E-state index < -0.39 is 20.8 Å². The summed E-state index contributed by atoms with van der Waals surface area (Å²) in [5.41, 5.74) is 0.115. The number of nitrogens with zero attached hydrogens (tertiary/aromatic N) is 2. The van der Waals surface area contributed by atoms with Gasteiger partial charge in [0.15, 0.2) is 5.82 Å². The van der Waals surface area contributed by atoms with Gasteiger partial charge in [-0.15, -0.1) is 0 Å². The Kier molecular flexibility index (Phi) is 3.54. The predicted molar refractivity (Wildman–Crippen MR) is 64.3 cm³/mol. The molecule has 1 amide bonds.